The highest BCUT2D eigenvalue weighted by molar-refractivity contribution is 6.33. The van der Waals surface area contributed by atoms with Crippen molar-refractivity contribution in [1.29, 1.82) is 0 Å². The Kier molecular flexibility index (Phi) is 4.43. The summed E-state index contributed by atoms with van der Waals surface area (Å²) in [7, 11) is 1.52. The first-order valence-electron chi connectivity index (χ1n) is 7.19. The van der Waals surface area contributed by atoms with Crippen LogP contribution in [-0.2, 0) is 7.05 Å². The van der Waals surface area contributed by atoms with Crippen LogP contribution >= 0.6 is 11.6 Å². The number of hydrogen-bond donors (Lipinski definition) is 1. The number of nitrogens with zero attached hydrogens (tertiary/aromatic N) is 2. The van der Waals surface area contributed by atoms with Crippen molar-refractivity contribution in [1.82, 2.24) is 9.78 Å². The van der Waals surface area contributed by atoms with E-state index in [9.17, 15) is 17.6 Å². The van der Waals surface area contributed by atoms with Gasteiger partial charge in [-0.25, -0.2) is 17.6 Å². The number of benzene rings is 2. The molecular formula is C17H12ClF4N3. The van der Waals surface area contributed by atoms with Gasteiger partial charge in [-0.05, 0) is 25.1 Å². The first-order chi connectivity index (χ1) is 11.8. The number of aromatic nitrogens is 2. The van der Waals surface area contributed by atoms with Gasteiger partial charge in [0.15, 0.2) is 5.82 Å². The van der Waals surface area contributed by atoms with Crippen LogP contribution < -0.4 is 5.32 Å². The first kappa shape index (κ1) is 17.3. The van der Waals surface area contributed by atoms with E-state index in [0.717, 1.165) is 18.2 Å². The molecule has 0 aliphatic heterocycles. The monoisotopic (exact) mass is 369 g/mol. The Bertz CT molecular complexity index is 926. The Morgan fingerprint density at radius 1 is 1.00 bits per heavy atom. The van der Waals surface area contributed by atoms with Crippen LogP contribution in [0.25, 0.3) is 11.1 Å². The van der Waals surface area contributed by atoms with Gasteiger partial charge in [0.25, 0.3) is 0 Å². The normalized spacial score (nSPS) is 11.0. The Labute approximate surface area is 145 Å². The predicted octanol–water partition coefficient (Wildman–Crippen LogP) is 5.35. The summed E-state index contributed by atoms with van der Waals surface area (Å²) in [6.45, 7) is 1.56. The highest BCUT2D eigenvalue weighted by Crippen LogP contribution is 2.38. The maximum atomic E-state index is 14.2. The van der Waals surface area contributed by atoms with E-state index < -0.39 is 23.3 Å². The molecule has 0 saturated heterocycles. The van der Waals surface area contributed by atoms with E-state index in [-0.39, 0.29) is 27.7 Å². The molecule has 0 unspecified atom stereocenters. The summed E-state index contributed by atoms with van der Waals surface area (Å²) in [6, 6.07) is 5.05. The van der Waals surface area contributed by atoms with Gasteiger partial charge < -0.3 is 5.32 Å². The van der Waals surface area contributed by atoms with Gasteiger partial charge in [0.2, 0.25) is 0 Å². The molecule has 1 heterocycles. The molecule has 1 N–H and O–H groups in total. The lowest BCUT2D eigenvalue weighted by Gasteiger charge is -2.13. The lowest BCUT2D eigenvalue weighted by Crippen LogP contribution is -2.04. The highest BCUT2D eigenvalue weighted by Gasteiger charge is 2.23. The third-order valence-corrected chi connectivity index (χ3v) is 3.98. The third-order valence-electron chi connectivity index (χ3n) is 3.69. The summed E-state index contributed by atoms with van der Waals surface area (Å²) in [4.78, 5) is 0. The smallest absolute Gasteiger partial charge is 0.151 e. The quantitative estimate of drug-likeness (QED) is 0.631. The minimum absolute atomic E-state index is 0.119. The summed E-state index contributed by atoms with van der Waals surface area (Å²) in [5, 5.41) is 6.58. The summed E-state index contributed by atoms with van der Waals surface area (Å²) in [5.74, 6) is -3.23. The van der Waals surface area contributed by atoms with E-state index in [1.165, 1.54) is 17.8 Å². The van der Waals surface area contributed by atoms with Crippen molar-refractivity contribution >= 4 is 23.1 Å². The maximum Gasteiger partial charge on any atom is 0.151 e. The zero-order valence-electron chi connectivity index (χ0n) is 13.2. The molecule has 0 radical (unpaired) electrons. The van der Waals surface area contributed by atoms with E-state index in [0.29, 0.717) is 11.8 Å². The number of hydrogen-bond acceptors (Lipinski definition) is 2. The Morgan fingerprint density at radius 2 is 1.64 bits per heavy atom. The van der Waals surface area contributed by atoms with E-state index in [1.807, 2.05) is 0 Å². The van der Waals surface area contributed by atoms with Crippen LogP contribution in [0.4, 0.5) is 29.1 Å². The van der Waals surface area contributed by atoms with E-state index in [1.54, 1.807) is 6.92 Å². The zero-order chi connectivity index (χ0) is 18.3. The second-order valence-electron chi connectivity index (χ2n) is 5.40. The van der Waals surface area contributed by atoms with Crippen molar-refractivity contribution in [2.24, 2.45) is 7.05 Å². The van der Waals surface area contributed by atoms with Gasteiger partial charge >= 0.3 is 0 Å². The Hall–Kier alpha value is -2.54. The van der Waals surface area contributed by atoms with Crippen LogP contribution in [0.2, 0.25) is 5.02 Å². The fraction of sp³-hybridized carbons (Fsp3) is 0.118. The molecule has 8 heteroatoms. The molecule has 1 aromatic heterocycles. The molecule has 2 aromatic carbocycles. The molecule has 0 aliphatic carbocycles. The molecule has 0 bridgehead atoms. The van der Waals surface area contributed by atoms with Crippen molar-refractivity contribution in [3.63, 3.8) is 0 Å². The number of nitrogens with one attached hydrogen (secondary N) is 1. The van der Waals surface area contributed by atoms with Gasteiger partial charge in [-0.2, -0.15) is 5.10 Å². The van der Waals surface area contributed by atoms with Crippen molar-refractivity contribution in [2.75, 3.05) is 5.32 Å². The highest BCUT2D eigenvalue weighted by atomic mass is 35.5. The van der Waals surface area contributed by atoms with Gasteiger partial charge in [-0.3, -0.25) is 4.68 Å². The first-order valence-corrected chi connectivity index (χ1v) is 7.57. The van der Waals surface area contributed by atoms with Gasteiger partial charge in [0, 0.05) is 13.1 Å². The molecule has 0 aliphatic rings. The van der Waals surface area contributed by atoms with Crippen molar-refractivity contribution in [3.05, 3.63) is 64.3 Å². The average molecular weight is 370 g/mol. The van der Waals surface area contributed by atoms with E-state index >= 15 is 0 Å². The molecule has 3 nitrogen and oxygen atoms in total. The summed E-state index contributed by atoms with van der Waals surface area (Å²) < 4.78 is 57.0. The number of rotatable bonds is 3. The minimum Gasteiger partial charge on any atom is -0.336 e. The van der Waals surface area contributed by atoms with Gasteiger partial charge in [-0.1, -0.05) is 17.7 Å². The van der Waals surface area contributed by atoms with Crippen LogP contribution in [0.15, 0.2) is 30.3 Å². The van der Waals surface area contributed by atoms with Crippen LogP contribution in [0.5, 0.6) is 0 Å². The lowest BCUT2D eigenvalue weighted by molar-refractivity contribution is 0.586. The van der Waals surface area contributed by atoms with E-state index in [4.69, 9.17) is 11.6 Å². The van der Waals surface area contributed by atoms with E-state index in [2.05, 4.69) is 10.4 Å². The number of anilines is 2. The van der Waals surface area contributed by atoms with Crippen LogP contribution in [0.1, 0.15) is 5.69 Å². The van der Waals surface area contributed by atoms with Crippen molar-refractivity contribution in [2.45, 2.75) is 6.92 Å². The van der Waals surface area contributed by atoms with Gasteiger partial charge in [0.1, 0.15) is 23.3 Å². The van der Waals surface area contributed by atoms with Gasteiger partial charge in [0.05, 0.1) is 27.5 Å². The molecule has 3 rings (SSSR count). The number of halogens is 5. The third kappa shape index (κ3) is 3.07. The van der Waals surface area contributed by atoms with Crippen molar-refractivity contribution < 1.29 is 17.6 Å². The predicted molar refractivity (Wildman–Crippen MR) is 87.9 cm³/mol. The topological polar surface area (TPSA) is 29.9 Å². The summed E-state index contributed by atoms with van der Waals surface area (Å²) in [6.07, 6.45) is 0. The molecule has 130 valence electrons. The lowest BCUT2D eigenvalue weighted by atomic mass is 10.0. The largest absolute Gasteiger partial charge is 0.336 e. The standard InChI is InChI=1S/C17H12ClF4N3/c1-8-14(15-11(20)4-3-5-12(15)21)17(25(2)24-8)23-16-10(18)6-9(19)7-13(16)22/h3-7,23H,1-2H3. The Balaban J connectivity index is 2.20. The fourth-order valence-corrected chi connectivity index (χ4v) is 2.86. The second-order valence-corrected chi connectivity index (χ2v) is 5.81. The summed E-state index contributed by atoms with van der Waals surface area (Å²) in [5.41, 5.74) is -0.0659. The molecule has 0 amide bonds. The van der Waals surface area contributed by atoms with Crippen LogP contribution in [0, 0.1) is 30.2 Å². The molecule has 0 saturated carbocycles. The fourth-order valence-electron chi connectivity index (χ4n) is 2.62. The number of aryl methyl sites for hydroxylation is 2. The maximum absolute atomic E-state index is 14.2. The SMILES string of the molecule is Cc1nn(C)c(Nc2c(F)cc(F)cc2Cl)c1-c1c(F)cccc1F. The molecular weight excluding hydrogens is 358 g/mol. The summed E-state index contributed by atoms with van der Waals surface area (Å²) >= 11 is 5.88. The molecule has 0 fully saturated rings. The molecule has 25 heavy (non-hydrogen) atoms. The van der Waals surface area contributed by atoms with Gasteiger partial charge in [-0.15, -0.1) is 0 Å². The van der Waals surface area contributed by atoms with Crippen LogP contribution in [0.3, 0.4) is 0 Å². The van der Waals surface area contributed by atoms with Crippen LogP contribution in [-0.4, -0.2) is 9.78 Å². The molecule has 0 spiro atoms. The molecule has 0 atom stereocenters. The second kappa shape index (κ2) is 6.40. The van der Waals surface area contributed by atoms with Crippen molar-refractivity contribution in [3.8, 4) is 11.1 Å². The molecule has 3 aromatic rings. The Morgan fingerprint density at radius 3 is 2.24 bits per heavy atom. The zero-order valence-corrected chi connectivity index (χ0v) is 13.9. The minimum atomic E-state index is -0.941. The average Bonchev–Trinajstić information content (AvgIpc) is 2.77.